The second-order valence-electron chi connectivity index (χ2n) is 11.1. The largest absolute Gasteiger partial charge is 0.445 e. The molecule has 7 rings (SSSR count). The van der Waals surface area contributed by atoms with E-state index < -0.39 is 0 Å². The maximum atomic E-state index is 13.2. The van der Waals surface area contributed by atoms with Gasteiger partial charge in [0.2, 0.25) is 0 Å². The summed E-state index contributed by atoms with van der Waals surface area (Å²) in [4.78, 5) is 39.2. The monoisotopic (exact) mass is 568 g/mol. The van der Waals surface area contributed by atoms with Crippen molar-refractivity contribution in [2.24, 2.45) is 0 Å². The molecule has 6 aromatic rings. The molecule has 2 N–H and O–H groups in total. The van der Waals surface area contributed by atoms with E-state index in [9.17, 15) is 9.59 Å². The minimum atomic E-state index is -0.362. The number of hydrogen-bond acceptors (Lipinski definition) is 4. The highest BCUT2D eigenvalue weighted by Gasteiger charge is 2.32. The number of carbonyl (C=O) groups is 1. The topological polar surface area (TPSA) is 91.1 Å². The molecule has 1 aliphatic heterocycles. The molecule has 1 unspecified atom stereocenters. The highest BCUT2D eigenvalue weighted by molar-refractivity contribution is 5.92. The molecule has 2 aromatic heterocycles. The van der Waals surface area contributed by atoms with Crippen molar-refractivity contribution in [1.82, 2.24) is 19.9 Å². The minimum absolute atomic E-state index is 0.0594. The van der Waals surface area contributed by atoms with Crippen molar-refractivity contribution in [1.29, 1.82) is 0 Å². The molecule has 3 heterocycles. The predicted molar refractivity (Wildman–Crippen MR) is 170 cm³/mol. The zero-order valence-electron chi connectivity index (χ0n) is 24.0. The van der Waals surface area contributed by atoms with Crippen LogP contribution in [-0.2, 0) is 17.8 Å². The number of nitrogens with zero attached hydrogens (tertiary/aromatic N) is 2. The summed E-state index contributed by atoms with van der Waals surface area (Å²) < 4.78 is 5.62. The summed E-state index contributed by atoms with van der Waals surface area (Å²) in [6.45, 7) is 2.90. The third-order valence-electron chi connectivity index (χ3n) is 8.35. The van der Waals surface area contributed by atoms with Crippen LogP contribution in [-0.4, -0.2) is 32.5 Å². The van der Waals surface area contributed by atoms with Crippen LogP contribution in [0.4, 0.5) is 4.79 Å². The Bertz CT molecular complexity index is 2010. The lowest BCUT2D eigenvalue weighted by Gasteiger charge is -2.24. The van der Waals surface area contributed by atoms with E-state index in [2.05, 4.69) is 58.3 Å². The van der Waals surface area contributed by atoms with Crippen LogP contribution in [0.3, 0.4) is 0 Å². The van der Waals surface area contributed by atoms with Crippen LogP contribution >= 0.6 is 0 Å². The molecule has 1 aliphatic rings. The normalized spacial score (nSPS) is 14.9. The van der Waals surface area contributed by atoms with Gasteiger partial charge in [-0.25, -0.2) is 9.78 Å². The van der Waals surface area contributed by atoms with Crippen molar-refractivity contribution in [3.05, 3.63) is 124 Å². The number of benzene rings is 4. The number of fused-ring (bicyclic) bond motifs is 2. The number of carbonyl (C=O) groups excluding carboxylic acids is 1. The van der Waals surface area contributed by atoms with Crippen LogP contribution in [0, 0.1) is 0 Å². The highest BCUT2D eigenvalue weighted by atomic mass is 16.6. The smallest absolute Gasteiger partial charge is 0.410 e. The molecule has 4 aromatic carbocycles. The summed E-state index contributed by atoms with van der Waals surface area (Å²) in [7, 11) is 0. The Morgan fingerprint density at radius 1 is 0.907 bits per heavy atom. The molecule has 7 nitrogen and oxygen atoms in total. The molecule has 0 aliphatic carbocycles. The maximum absolute atomic E-state index is 13.2. The Hall–Kier alpha value is -5.17. The maximum Gasteiger partial charge on any atom is 0.410 e. The SMILES string of the molecule is CCc1ncc(-c2ccc3cc(-c4ccc5c(=O)cc(C6CCCN6C(=O)OCc6ccccc6)[nH]c5c4)ccc3c2)[nH]1. The van der Waals surface area contributed by atoms with Crippen molar-refractivity contribution >= 4 is 27.8 Å². The average molecular weight is 569 g/mol. The van der Waals surface area contributed by atoms with Crippen molar-refractivity contribution in [2.75, 3.05) is 6.54 Å². The molecule has 0 spiro atoms. The fourth-order valence-electron chi connectivity index (χ4n) is 6.02. The van der Waals surface area contributed by atoms with E-state index in [1.165, 1.54) is 0 Å². The molecule has 0 bridgehead atoms. The summed E-state index contributed by atoms with van der Waals surface area (Å²) in [6.07, 6.45) is 4.02. The molecular weight excluding hydrogens is 536 g/mol. The number of nitrogens with one attached hydrogen (secondary N) is 2. The first-order valence-corrected chi connectivity index (χ1v) is 14.8. The number of ether oxygens (including phenoxy) is 1. The number of H-pyrrole nitrogens is 2. The molecule has 1 saturated heterocycles. The molecule has 0 radical (unpaired) electrons. The van der Waals surface area contributed by atoms with Gasteiger partial charge in [-0.15, -0.1) is 0 Å². The second kappa shape index (κ2) is 11.2. The number of aryl methyl sites for hydroxylation is 1. The van der Waals surface area contributed by atoms with E-state index >= 15 is 0 Å². The van der Waals surface area contributed by atoms with Crippen molar-refractivity contribution in [3.8, 4) is 22.4 Å². The second-order valence-corrected chi connectivity index (χ2v) is 11.1. The zero-order valence-corrected chi connectivity index (χ0v) is 24.0. The van der Waals surface area contributed by atoms with E-state index in [1.54, 1.807) is 11.0 Å². The molecule has 43 heavy (non-hydrogen) atoms. The van der Waals surface area contributed by atoms with Crippen LogP contribution in [0.5, 0.6) is 0 Å². The van der Waals surface area contributed by atoms with Gasteiger partial charge in [0.05, 0.1) is 23.4 Å². The number of imidazole rings is 1. The van der Waals surface area contributed by atoms with Crippen molar-refractivity contribution in [2.45, 2.75) is 38.8 Å². The summed E-state index contributed by atoms with van der Waals surface area (Å²) in [6, 6.07) is 29.8. The van der Waals surface area contributed by atoms with Crippen LogP contribution in [0.15, 0.2) is 102 Å². The number of rotatable bonds is 6. The predicted octanol–water partition coefficient (Wildman–Crippen LogP) is 7.77. The lowest BCUT2D eigenvalue weighted by Crippen LogP contribution is -2.32. The summed E-state index contributed by atoms with van der Waals surface area (Å²) in [5.74, 6) is 0.978. The number of aromatic amines is 2. The first-order valence-electron chi connectivity index (χ1n) is 14.8. The van der Waals surface area contributed by atoms with Gasteiger partial charge in [0.15, 0.2) is 5.43 Å². The lowest BCUT2D eigenvalue weighted by atomic mass is 9.98. The number of amides is 1. The van der Waals surface area contributed by atoms with Gasteiger partial charge in [-0.1, -0.05) is 67.6 Å². The first-order chi connectivity index (χ1) is 21.1. The molecule has 0 saturated carbocycles. The fourth-order valence-corrected chi connectivity index (χ4v) is 6.02. The molecule has 1 atom stereocenters. The summed E-state index contributed by atoms with van der Waals surface area (Å²) >= 11 is 0. The van der Waals surface area contributed by atoms with Crippen LogP contribution in [0.25, 0.3) is 44.1 Å². The van der Waals surface area contributed by atoms with Crippen molar-refractivity contribution < 1.29 is 9.53 Å². The van der Waals surface area contributed by atoms with E-state index in [0.717, 1.165) is 75.0 Å². The van der Waals surface area contributed by atoms with Gasteiger partial charge in [0, 0.05) is 35.7 Å². The van der Waals surface area contributed by atoms with E-state index in [-0.39, 0.29) is 24.2 Å². The molecule has 7 heteroatoms. The van der Waals surface area contributed by atoms with E-state index in [1.807, 2.05) is 54.7 Å². The third kappa shape index (κ3) is 5.30. The van der Waals surface area contributed by atoms with E-state index in [4.69, 9.17) is 4.74 Å². The Morgan fingerprint density at radius 3 is 2.44 bits per heavy atom. The lowest BCUT2D eigenvalue weighted by molar-refractivity contribution is 0.0915. The fraction of sp³-hybridized carbons (Fsp3) is 0.194. The number of pyridine rings is 1. The van der Waals surface area contributed by atoms with Crippen LogP contribution in [0.2, 0.25) is 0 Å². The summed E-state index contributed by atoms with van der Waals surface area (Å²) in [5.41, 5.74) is 6.57. The Balaban J connectivity index is 1.16. The number of hydrogen-bond donors (Lipinski definition) is 2. The van der Waals surface area contributed by atoms with Gasteiger partial charge in [-0.05, 0) is 64.6 Å². The van der Waals surface area contributed by atoms with Crippen molar-refractivity contribution in [3.63, 3.8) is 0 Å². The summed E-state index contributed by atoms with van der Waals surface area (Å²) in [5, 5.41) is 2.90. The molecule has 1 amide bonds. The van der Waals surface area contributed by atoms with Gasteiger partial charge in [0.25, 0.3) is 0 Å². The third-order valence-corrected chi connectivity index (χ3v) is 8.35. The quantitative estimate of drug-likeness (QED) is 0.215. The number of aromatic nitrogens is 3. The Kier molecular flexibility index (Phi) is 6.99. The Labute approximate surface area is 249 Å². The standard InChI is InChI=1S/C36H32N4O3/c1-2-35-37-21-32(39-35)28-13-12-24-17-25(10-11-26(24)18-28)27-14-15-29-30(19-27)38-31(20-34(29)41)33-9-6-16-40(33)36(42)43-22-23-7-4-3-5-8-23/h3-5,7-8,10-15,17-21,33H,2,6,9,16,22H2,1H3,(H,37,39)(H,38,41). The number of likely N-dealkylation sites (tertiary alicyclic amines) is 1. The van der Waals surface area contributed by atoms with Gasteiger partial charge >= 0.3 is 6.09 Å². The molecular formula is C36H32N4O3. The minimum Gasteiger partial charge on any atom is -0.445 e. The van der Waals surface area contributed by atoms with Gasteiger partial charge < -0.3 is 14.7 Å². The van der Waals surface area contributed by atoms with Gasteiger partial charge in [-0.3, -0.25) is 9.69 Å². The van der Waals surface area contributed by atoms with Crippen LogP contribution < -0.4 is 5.43 Å². The average Bonchev–Trinajstić information content (AvgIpc) is 3.74. The van der Waals surface area contributed by atoms with Crippen LogP contribution in [0.1, 0.15) is 42.9 Å². The first kappa shape index (κ1) is 26.7. The molecule has 1 fully saturated rings. The van der Waals surface area contributed by atoms with Gasteiger partial charge in [0.1, 0.15) is 12.4 Å². The van der Waals surface area contributed by atoms with E-state index in [0.29, 0.717) is 11.9 Å². The zero-order chi connectivity index (χ0) is 29.3. The highest BCUT2D eigenvalue weighted by Crippen LogP contribution is 2.33. The van der Waals surface area contributed by atoms with Gasteiger partial charge in [-0.2, -0.15) is 0 Å². The Morgan fingerprint density at radius 2 is 1.65 bits per heavy atom. The molecule has 214 valence electrons.